The summed E-state index contributed by atoms with van der Waals surface area (Å²) < 4.78 is 0. The molecule has 0 saturated carbocycles. The van der Waals surface area contributed by atoms with Crippen LogP contribution in [0.5, 0.6) is 0 Å². The highest BCUT2D eigenvalue weighted by Crippen LogP contribution is 2.20. The molecule has 0 heterocycles. The molecule has 0 spiro atoms. The average molecular weight is 1080 g/mol. The molecule has 77 heavy (non-hydrogen) atoms. The van der Waals surface area contributed by atoms with Crippen LogP contribution in [0, 0.1) is 0 Å². The smallest absolute Gasteiger partial charge is 0.249 e. The molecule has 0 saturated heterocycles. The molecule has 1 amide bonds. The number of rotatable bonds is 67. The lowest BCUT2D eigenvalue weighted by Gasteiger charge is -2.23. The molecule has 0 bridgehead atoms. The van der Waals surface area contributed by atoms with Gasteiger partial charge in [-0.1, -0.05) is 385 Å². The summed E-state index contributed by atoms with van der Waals surface area (Å²) in [7, 11) is 0. The Hall–Kier alpha value is -1.17. The van der Waals surface area contributed by atoms with E-state index in [2.05, 4.69) is 43.5 Å². The second-order valence-corrected chi connectivity index (χ2v) is 24.8. The van der Waals surface area contributed by atoms with Gasteiger partial charge in [0, 0.05) is 0 Å². The van der Waals surface area contributed by atoms with Crippen molar-refractivity contribution in [2.24, 2.45) is 0 Å². The van der Waals surface area contributed by atoms with Crippen LogP contribution in [0.1, 0.15) is 406 Å². The van der Waals surface area contributed by atoms with E-state index in [9.17, 15) is 20.1 Å². The second kappa shape index (κ2) is 67.3. The van der Waals surface area contributed by atoms with Crippen molar-refractivity contribution in [2.75, 3.05) is 6.61 Å². The molecule has 3 unspecified atom stereocenters. The first kappa shape index (κ1) is 75.8. The first-order chi connectivity index (χ1) is 38.1. The van der Waals surface area contributed by atoms with Crippen molar-refractivity contribution in [1.29, 1.82) is 0 Å². The summed E-state index contributed by atoms with van der Waals surface area (Å²) in [4.78, 5) is 12.6. The van der Waals surface area contributed by atoms with Gasteiger partial charge >= 0.3 is 0 Å². The Morgan fingerprint density at radius 2 is 0.532 bits per heavy atom. The van der Waals surface area contributed by atoms with Gasteiger partial charge in [0.1, 0.15) is 6.10 Å². The number of aliphatic hydroxyl groups excluding tert-OH is 3. The van der Waals surface area contributed by atoms with Gasteiger partial charge in [-0.3, -0.25) is 4.79 Å². The summed E-state index contributed by atoms with van der Waals surface area (Å²) in [5.74, 6) is -0.463. The maximum atomic E-state index is 12.6. The van der Waals surface area contributed by atoms with Gasteiger partial charge in [-0.2, -0.15) is 0 Å². The third-order valence-electron chi connectivity index (χ3n) is 17.1. The van der Waals surface area contributed by atoms with E-state index in [0.29, 0.717) is 12.8 Å². The molecular weight excluding hydrogens is 943 g/mol. The zero-order chi connectivity index (χ0) is 55.7. The fourth-order valence-electron chi connectivity index (χ4n) is 11.6. The average Bonchev–Trinajstić information content (AvgIpc) is 3.43. The molecule has 0 radical (unpaired) electrons. The predicted octanol–water partition coefficient (Wildman–Crippen LogP) is 23.1. The van der Waals surface area contributed by atoms with E-state index in [4.69, 9.17) is 0 Å². The molecule has 0 aliphatic heterocycles. The molecule has 0 aliphatic rings. The van der Waals surface area contributed by atoms with Crippen LogP contribution in [0.3, 0.4) is 0 Å². The van der Waals surface area contributed by atoms with Crippen LogP contribution < -0.4 is 5.32 Å². The summed E-state index contributed by atoms with van der Waals surface area (Å²) in [5, 5.41) is 33.7. The fraction of sp³-hybridized carbons (Fsp3) is 0.931. The van der Waals surface area contributed by atoms with E-state index < -0.39 is 24.2 Å². The van der Waals surface area contributed by atoms with Crippen molar-refractivity contribution in [3.63, 3.8) is 0 Å². The highest BCUT2D eigenvalue weighted by atomic mass is 16.3. The number of carbonyl (C=O) groups excluding carboxylic acids is 1. The van der Waals surface area contributed by atoms with Crippen LogP contribution in [0.15, 0.2) is 24.3 Å². The number of hydrogen-bond acceptors (Lipinski definition) is 4. The van der Waals surface area contributed by atoms with Crippen molar-refractivity contribution in [1.82, 2.24) is 5.32 Å². The van der Waals surface area contributed by atoms with Crippen LogP contribution in [0.25, 0.3) is 0 Å². The molecule has 5 nitrogen and oxygen atoms in total. The topological polar surface area (TPSA) is 89.8 Å². The Labute approximate surface area is 483 Å². The monoisotopic (exact) mass is 1080 g/mol. The van der Waals surface area contributed by atoms with Crippen LogP contribution in [-0.2, 0) is 4.79 Å². The van der Waals surface area contributed by atoms with E-state index in [0.717, 1.165) is 38.5 Å². The van der Waals surface area contributed by atoms with E-state index in [1.165, 1.54) is 340 Å². The minimum atomic E-state index is -1.08. The largest absolute Gasteiger partial charge is 0.394 e. The van der Waals surface area contributed by atoms with Gasteiger partial charge in [-0.15, -0.1) is 0 Å². The maximum absolute atomic E-state index is 12.6. The standard InChI is InChI=1S/C72H141NO4/c1-3-5-7-9-11-13-15-17-19-21-23-25-27-29-30-31-32-33-34-35-36-37-38-39-40-41-43-45-47-49-51-53-55-57-59-61-63-65-67-71(76)72(77)73-69(68-74)70(75)66-64-62-60-58-56-54-52-50-48-46-44-42-28-26-24-22-20-18-16-14-12-10-8-6-4-2/h32-33,35-36,69-71,74-76H,3-31,34,37-68H2,1-2H3,(H,73,77)/b33-32-,36-35-. The van der Waals surface area contributed by atoms with Crippen LogP contribution in [0.4, 0.5) is 0 Å². The quantitative estimate of drug-likeness (QED) is 0.0361. The molecule has 0 rings (SSSR count). The number of carbonyl (C=O) groups is 1. The van der Waals surface area contributed by atoms with Gasteiger partial charge in [0.25, 0.3) is 0 Å². The van der Waals surface area contributed by atoms with Gasteiger partial charge in [0.2, 0.25) is 5.91 Å². The molecule has 5 heteroatoms. The Morgan fingerprint density at radius 3 is 0.779 bits per heavy atom. The van der Waals surface area contributed by atoms with Crippen LogP contribution in [-0.4, -0.2) is 46.1 Å². The number of unbranched alkanes of at least 4 members (excludes halogenated alkanes) is 55. The Kier molecular flexibility index (Phi) is 66.3. The molecule has 0 fully saturated rings. The van der Waals surface area contributed by atoms with Crippen molar-refractivity contribution >= 4 is 5.91 Å². The van der Waals surface area contributed by atoms with E-state index in [-0.39, 0.29) is 6.61 Å². The molecule has 458 valence electrons. The van der Waals surface area contributed by atoms with Gasteiger partial charge in [0.05, 0.1) is 18.8 Å². The normalized spacial score (nSPS) is 13.2. The van der Waals surface area contributed by atoms with Crippen molar-refractivity contribution in [3.8, 4) is 0 Å². The maximum Gasteiger partial charge on any atom is 0.249 e. The Balaban J connectivity index is 3.46. The first-order valence-corrected chi connectivity index (χ1v) is 35.6. The predicted molar refractivity (Wildman–Crippen MR) is 342 cm³/mol. The highest BCUT2D eigenvalue weighted by Gasteiger charge is 2.23. The third kappa shape index (κ3) is 62.3. The molecule has 0 aromatic rings. The second-order valence-electron chi connectivity index (χ2n) is 24.8. The SMILES string of the molecule is CCCCCCCCCCCCCCCCC/C=C\C/C=C\CCCCCCCCCCCCCCCCCCC(O)C(=O)NC(CO)C(O)CCCCCCCCCCCCCCCCCCCCCCCCCCC. The molecular formula is C72H141NO4. The number of allylic oxidation sites excluding steroid dienone is 4. The summed E-state index contributed by atoms with van der Waals surface area (Å²) in [5.41, 5.74) is 0. The van der Waals surface area contributed by atoms with Crippen LogP contribution >= 0.6 is 0 Å². The van der Waals surface area contributed by atoms with E-state index in [1.807, 2.05) is 0 Å². The number of amides is 1. The molecule has 0 aliphatic carbocycles. The fourth-order valence-corrected chi connectivity index (χ4v) is 11.6. The minimum absolute atomic E-state index is 0.310. The zero-order valence-electron chi connectivity index (χ0n) is 52.6. The molecule has 4 N–H and O–H groups in total. The summed E-state index contributed by atoms with van der Waals surface area (Å²) in [6.07, 6.45) is 88.7. The van der Waals surface area contributed by atoms with Gasteiger partial charge in [0.15, 0.2) is 0 Å². The van der Waals surface area contributed by atoms with Crippen molar-refractivity contribution in [2.45, 2.75) is 424 Å². The Morgan fingerprint density at radius 1 is 0.312 bits per heavy atom. The number of nitrogens with one attached hydrogen (secondary N) is 1. The van der Waals surface area contributed by atoms with E-state index in [1.54, 1.807) is 0 Å². The molecule has 0 aromatic carbocycles. The zero-order valence-corrected chi connectivity index (χ0v) is 52.6. The lowest BCUT2D eigenvalue weighted by Crippen LogP contribution is -2.49. The molecule has 0 aromatic heterocycles. The number of aliphatic hydroxyl groups is 3. The number of hydrogen-bond donors (Lipinski definition) is 4. The first-order valence-electron chi connectivity index (χ1n) is 35.6. The van der Waals surface area contributed by atoms with Gasteiger partial charge < -0.3 is 20.6 Å². The summed E-state index contributed by atoms with van der Waals surface area (Å²) in [6, 6.07) is -0.712. The minimum Gasteiger partial charge on any atom is -0.394 e. The van der Waals surface area contributed by atoms with Gasteiger partial charge in [-0.25, -0.2) is 0 Å². The Bertz CT molecular complexity index is 1160. The highest BCUT2D eigenvalue weighted by molar-refractivity contribution is 5.80. The van der Waals surface area contributed by atoms with E-state index >= 15 is 0 Å². The third-order valence-corrected chi connectivity index (χ3v) is 17.1. The summed E-state index contributed by atoms with van der Waals surface area (Å²) in [6.45, 7) is 4.29. The van der Waals surface area contributed by atoms with Crippen molar-refractivity contribution in [3.05, 3.63) is 24.3 Å². The summed E-state index contributed by atoms with van der Waals surface area (Å²) >= 11 is 0. The van der Waals surface area contributed by atoms with Crippen molar-refractivity contribution < 1.29 is 20.1 Å². The van der Waals surface area contributed by atoms with Gasteiger partial charge in [-0.05, 0) is 44.9 Å². The van der Waals surface area contributed by atoms with Crippen LogP contribution in [0.2, 0.25) is 0 Å². The lowest BCUT2D eigenvalue weighted by atomic mass is 10.0. The molecule has 3 atom stereocenters. The lowest BCUT2D eigenvalue weighted by molar-refractivity contribution is -0.131.